The molecule has 28 heavy (non-hydrogen) atoms. The molecule has 2 aromatic carbocycles. The van der Waals surface area contributed by atoms with Gasteiger partial charge in [0, 0.05) is 12.0 Å². The third-order valence-corrected chi connectivity index (χ3v) is 5.18. The van der Waals surface area contributed by atoms with Gasteiger partial charge in [0.15, 0.2) is 5.67 Å². The van der Waals surface area contributed by atoms with Gasteiger partial charge in [0.05, 0.1) is 0 Å². The molecule has 3 heteroatoms. The Morgan fingerprint density at radius 2 is 1.68 bits per heavy atom. The van der Waals surface area contributed by atoms with Gasteiger partial charge in [-0.3, -0.25) is 0 Å². The van der Waals surface area contributed by atoms with E-state index in [0.717, 1.165) is 31.2 Å². The smallest absolute Gasteiger partial charge is 0.165 e. The van der Waals surface area contributed by atoms with Gasteiger partial charge in [0.2, 0.25) is 0 Å². The van der Waals surface area contributed by atoms with Crippen LogP contribution in [0, 0.1) is 5.82 Å². The Bertz CT molecular complexity index is 873. The second kappa shape index (κ2) is 9.09. The Kier molecular flexibility index (Phi) is 6.56. The number of alkyl halides is 1. The van der Waals surface area contributed by atoms with Crippen LogP contribution in [0.1, 0.15) is 49.3 Å². The molecule has 0 fully saturated rings. The summed E-state index contributed by atoms with van der Waals surface area (Å²) < 4.78 is 43.2. The first-order valence-electron chi connectivity index (χ1n) is 9.76. The predicted octanol–water partition coefficient (Wildman–Crippen LogP) is 7.62. The number of aryl methyl sites for hydroxylation is 1. The lowest BCUT2D eigenvalue weighted by Crippen LogP contribution is -2.24. The molecule has 0 saturated carbocycles. The van der Waals surface area contributed by atoms with Gasteiger partial charge in [-0.2, -0.15) is 0 Å². The van der Waals surface area contributed by atoms with E-state index in [1.165, 1.54) is 36.4 Å². The quantitative estimate of drug-likeness (QED) is 0.341. The molecule has 3 rings (SSSR count). The Morgan fingerprint density at radius 3 is 2.36 bits per heavy atom. The van der Waals surface area contributed by atoms with Gasteiger partial charge >= 0.3 is 0 Å². The van der Waals surface area contributed by atoms with Gasteiger partial charge in [-0.1, -0.05) is 48.6 Å². The summed E-state index contributed by atoms with van der Waals surface area (Å²) in [7, 11) is 0. The fraction of sp³-hybridized carbons (Fsp3) is 0.280. The van der Waals surface area contributed by atoms with E-state index in [1.807, 2.05) is 19.1 Å². The van der Waals surface area contributed by atoms with Crippen LogP contribution in [0.15, 0.2) is 78.7 Å². The molecule has 0 aliphatic heterocycles. The number of rotatable bonds is 7. The van der Waals surface area contributed by atoms with Crippen LogP contribution in [0.3, 0.4) is 0 Å². The van der Waals surface area contributed by atoms with Gasteiger partial charge < -0.3 is 0 Å². The van der Waals surface area contributed by atoms with E-state index in [2.05, 4.69) is 12.2 Å². The van der Waals surface area contributed by atoms with E-state index in [1.54, 1.807) is 12.1 Å². The Balaban J connectivity index is 1.80. The molecule has 0 aromatic heterocycles. The monoisotopic (exact) mass is 382 g/mol. The van der Waals surface area contributed by atoms with Crippen molar-refractivity contribution in [2.45, 2.75) is 44.7 Å². The SMILES string of the molecule is CC=CCCCCc1ccc(C2(F)CC=C(F)C=C2c2ccc(F)cc2)cc1. The molecule has 146 valence electrons. The molecule has 0 amide bonds. The average molecular weight is 382 g/mol. The number of halogens is 3. The van der Waals surface area contributed by atoms with Crippen LogP contribution in [-0.4, -0.2) is 0 Å². The number of allylic oxidation sites excluding steroid dienone is 6. The molecule has 0 spiro atoms. The van der Waals surface area contributed by atoms with Crippen molar-refractivity contribution in [3.63, 3.8) is 0 Å². The maximum Gasteiger partial charge on any atom is 0.165 e. The molecule has 1 aliphatic rings. The highest BCUT2D eigenvalue weighted by Crippen LogP contribution is 2.46. The number of hydrogen-bond acceptors (Lipinski definition) is 0. The summed E-state index contributed by atoms with van der Waals surface area (Å²) in [6.45, 7) is 2.02. The first-order valence-corrected chi connectivity index (χ1v) is 9.76. The summed E-state index contributed by atoms with van der Waals surface area (Å²) in [5.41, 5.74) is 0.534. The highest BCUT2D eigenvalue weighted by Gasteiger charge is 2.38. The standard InChI is InChI=1S/C25H25F3/c1-2-3-4-5-6-7-19-8-12-21(13-9-19)25(28)17-16-23(27)18-24(25)20-10-14-22(26)15-11-20/h2-3,8-16,18H,4-7,17H2,1H3. The lowest BCUT2D eigenvalue weighted by atomic mass is 9.78. The van der Waals surface area contributed by atoms with Crippen LogP contribution in [-0.2, 0) is 12.1 Å². The summed E-state index contributed by atoms with van der Waals surface area (Å²) >= 11 is 0. The van der Waals surface area contributed by atoms with Gasteiger partial charge in [0.1, 0.15) is 11.6 Å². The molecular weight excluding hydrogens is 357 g/mol. The average Bonchev–Trinajstić information content (AvgIpc) is 2.71. The Hall–Kier alpha value is -2.55. The maximum absolute atomic E-state index is 16.1. The fourth-order valence-electron chi connectivity index (χ4n) is 3.57. The minimum absolute atomic E-state index is 0.0786. The van der Waals surface area contributed by atoms with E-state index in [-0.39, 0.29) is 12.0 Å². The van der Waals surface area contributed by atoms with Gasteiger partial charge in [-0.15, -0.1) is 0 Å². The predicted molar refractivity (Wildman–Crippen MR) is 110 cm³/mol. The van der Waals surface area contributed by atoms with Crippen LogP contribution in [0.2, 0.25) is 0 Å². The van der Waals surface area contributed by atoms with E-state index in [9.17, 15) is 8.78 Å². The molecule has 1 atom stereocenters. The summed E-state index contributed by atoms with van der Waals surface area (Å²) in [5, 5.41) is 0. The lowest BCUT2D eigenvalue weighted by Gasteiger charge is -2.30. The van der Waals surface area contributed by atoms with Crippen molar-refractivity contribution in [2.75, 3.05) is 0 Å². The third kappa shape index (κ3) is 4.64. The second-order valence-electron chi connectivity index (χ2n) is 7.17. The molecule has 0 radical (unpaired) electrons. The second-order valence-corrected chi connectivity index (χ2v) is 7.17. The first-order chi connectivity index (χ1) is 13.5. The summed E-state index contributed by atoms with van der Waals surface area (Å²) in [5.74, 6) is -0.871. The molecule has 1 aliphatic carbocycles. The zero-order valence-electron chi connectivity index (χ0n) is 16.1. The summed E-state index contributed by atoms with van der Waals surface area (Å²) in [6, 6.07) is 13.0. The summed E-state index contributed by atoms with van der Waals surface area (Å²) in [6.07, 6.45) is 10.9. The van der Waals surface area contributed by atoms with E-state index < -0.39 is 17.3 Å². The minimum Gasteiger partial charge on any atom is -0.233 e. The largest absolute Gasteiger partial charge is 0.233 e. The van der Waals surface area contributed by atoms with Crippen molar-refractivity contribution in [1.29, 1.82) is 0 Å². The Morgan fingerprint density at radius 1 is 0.964 bits per heavy atom. The highest BCUT2D eigenvalue weighted by molar-refractivity contribution is 5.77. The normalized spacial score (nSPS) is 19.6. The van der Waals surface area contributed by atoms with Crippen molar-refractivity contribution >= 4 is 5.57 Å². The topological polar surface area (TPSA) is 0 Å². The van der Waals surface area contributed by atoms with Crippen molar-refractivity contribution in [3.05, 3.63) is 101 Å². The van der Waals surface area contributed by atoms with E-state index in [0.29, 0.717) is 11.1 Å². The minimum atomic E-state index is -1.84. The molecule has 2 aromatic rings. The highest BCUT2D eigenvalue weighted by atomic mass is 19.1. The van der Waals surface area contributed by atoms with Crippen LogP contribution >= 0.6 is 0 Å². The van der Waals surface area contributed by atoms with Crippen molar-refractivity contribution in [3.8, 4) is 0 Å². The maximum atomic E-state index is 16.1. The van der Waals surface area contributed by atoms with Crippen LogP contribution in [0.4, 0.5) is 13.2 Å². The molecule has 0 heterocycles. The van der Waals surface area contributed by atoms with Crippen molar-refractivity contribution in [2.24, 2.45) is 0 Å². The summed E-state index contributed by atoms with van der Waals surface area (Å²) in [4.78, 5) is 0. The van der Waals surface area contributed by atoms with Gasteiger partial charge in [-0.05, 0) is 73.6 Å². The fourth-order valence-corrected chi connectivity index (χ4v) is 3.57. The van der Waals surface area contributed by atoms with E-state index in [4.69, 9.17) is 0 Å². The third-order valence-electron chi connectivity index (χ3n) is 5.18. The van der Waals surface area contributed by atoms with Crippen LogP contribution in [0.25, 0.3) is 5.57 Å². The molecule has 1 unspecified atom stereocenters. The van der Waals surface area contributed by atoms with E-state index >= 15 is 4.39 Å². The lowest BCUT2D eigenvalue weighted by molar-refractivity contribution is 0.247. The zero-order chi connectivity index (χ0) is 20.0. The number of unbranched alkanes of at least 4 members (excludes halogenated alkanes) is 2. The Labute approximate surface area is 165 Å². The van der Waals surface area contributed by atoms with Gasteiger partial charge in [0.25, 0.3) is 0 Å². The molecule has 0 nitrogen and oxygen atoms in total. The van der Waals surface area contributed by atoms with Crippen LogP contribution in [0.5, 0.6) is 0 Å². The molecule has 0 bridgehead atoms. The van der Waals surface area contributed by atoms with Crippen LogP contribution < -0.4 is 0 Å². The molecular formula is C25H25F3. The molecule has 0 N–H and O–H groups in total. The van der Waals surface area contributed by atoms with Crippen molar-refractivity contribution in [1.82, 2.24) is 0 Å². The number of benzene rings is 2. The molecule has 0 saturated heterocycles. The zero-order valence-corrected chi connectivity index (χ0v) is 16.1. The number of hydrogen-bond donors (Lipinski definition) is 0. The van der Waals surface area contributed by atoms with Crippen molar-refractivity contribution < 1.29 is 13.2 Å². The first kappa shape index (κ1) is 20.2. The van der Waals surface area contributed by atoms with Gasteiger partial charge in [-0.25, -0.2) is 13.2 Å².